The molecule has 0 saturated carbocycles. The van der Waals surface area contributed by atoms with Gasteiger partial charge in [-0.2, -0.15) is 4.98 Å². The van der Waals surface area contributed by atoms with Crippen LogP contribution in [-0.2, 0) is 11.3 Å². The van der Waals surface area contributed by atoms with Crippen LogP contribution >= 0.6 is 0 Å². The Morgan fingerprint density at radius 1 is 1.03 bits per heavy atom. The number of hydrogen-bond donors (Lipinski definition) is 1. The summed E-state index contributed by atoms with van der Waals surface area (Å²) in [6.07, 6.45) is 10.2. The zero-order chi connectivity index (χ0) is 21.5. The molecule has 2 aromatic heterocycles. The van der Waals surface area contributed by atoms with Crippen molar-refractivity contribution in [3.63, 3.8) is 0 Å². The maximum Gasteiger partial charge on any atom is 0.228 e. The highest BCUT2D eigenvalue weighted by molar-refractivity contribution is 5.79. The summed E-state index contributed by atoms with van der Waals surface area (Å²) in [5.74, 6) is 2.39. The van der Waals surface area contributed by atoms with Crippen molar-refractivity contribution in [2.24, 2.45) is 5.92 Å². The Labute approximate surface area is 184 Å². The number of methoxy groups -OCH3 is 1. The van der Waals surface area contributed by atoms with Crippen molar-refractivity contribution < 1.29 is 9.53 Å². The number of hydrogen-bond acceptors (Lipinski definition) is 7. The van der Waals surface area contributed by atoms with E-state index in [0.29, 0.717) is 18.4 Å². The van der Waals surface area contributed by atoms with Gasteiger partial charge in [0.15, 0.2) is 0 Å². The molecule has 2 aliphatic rings. The first-order chi connectivity index (χ1) is 15.2. The van der Waals surface area contributed by atoms with Crippen molar-refractivity contribution in [2.45, 2.75) is 45.1 Å². The van der Waals surface area contributed by atoms with Gasteiger partial charge < -0.3 is 19.9 Å². The molecule has 2 aromatic rings. The van der Waals surface area contributed by atoms with Crippen LogP contribution in [0.2, 0.25) is 0 Å². The molecule has 2 saturated heterocycles. The van der Waals surface area contributed by atoms with Gasteiger partial charge in [0.05, 0.1) is 7.11 Å². The summed E-state index contributed by atoms with van der Waals surface area (Å²) in [4.78, 5) is 30.5. The second-order valence-electron chi connectivity index (χ2n) is 8.30. The Balaban J connectivity index is 1.27. The van der Waals surface area contributed by atoms with Gasteiger partial charge in [-0.15, -0.1) is 0 Å². The van der Waals surface area contributed by atoms with Crippen LogP contribution in [0.3, 0.4) is 0 Å². The summed E-state index contributed by atoms with van der Waals surface area (Å²) < 4.78 is 5.18. The third kappa shape index (κ3) is 5.62. The summed E-state index contributed by atoms with van der Waals surface area (Å²) in [5, 5.41) is 3.13. The van der Waals surface area contributed by atoms with Crippen LogP contribution in [-0.4, -0.2) is 54.1 Å². The van der Waals surface area contributed by atoms with Gasteiger partial charge in [-0.05, 0) is 43.4 Å². The summed E-state index contributed by atoms with van der Waals surface area (Å²) in [6.45, 7) is 4.21. The van der Waals surface area contributed by atoms with Crippen molar-refractivity contribution in [3.8, 4) is 5.88 Å². The number of nitrogens with one attached hydrogen (secondary N) is 1. The van der Waals surface area contributed by atoms with Crippen LogP contribution < -0.4 is 19.9 Å². The summed E-state index contributed by atoms with van der Waals surface area (Å²) >= 11 is 0. The molecule has 31 heavy (non-hydrogen) atoms. The third-order valence-corrected chi connectivity index (χ3v) is 6.18. The third-order valence-electron chi connectivity index (χ3n) is 6.18. The number of pyridine rings is 1. The number of piperidine rings is 1. The molecule has 1 N–H and O–H groups in total. The van der Waals surface area contributed by atoms with E-state index in [9.17, 15) is 4.79 Å². The second-order valence-corrected chi connectivity index (χ2v) is 8.30. The zero-order valence-electron chi connectivity index (χ0n) is 18.3. The van der Waals surface area contributed by atoms with E-state index < -0.39 is 0 Å². The molecule has 2 aliphatic heterocycles. The van der Waals surface area contributed by atoms with Crippen molar-refractivity contribution in [2.75, 3.05) is 43.1 Å². The Morgan fingerprint density at radius 3 is 2.52 bits per heavy atom. The van der Waals surface area contributed by atoms with E-state index >= 15 is 0 Å². The summed E-state index contributed by atoms with van der Waals surface area (Å²) in [7, 11) is 1.60. The number of ether oxygens (including phenoxy) is 1. The van der Waals surface area contributed by atoms with Gasteiger partial charge in [0, 0.05) is 57.1 Å². The number of rotatable bonds is 6. The lowest BCUT2D eigenvalue weighted by Gasteiger charge is -2.31. The van der Waals surface area contributed by atoms with Crippen molar-refractivity contribution in [3.05, 3.63) is 36.2 Å². The number of amides is 1. The molecule has 1 amide bonds. The molecule has 166 valence electrons. The number of aromatic nitrogens is 3. The van der Waals surface area contributed by atoms with Crippen LogP contribution in [0.1, 0.15) is 44.1 Å². The molecule has 0 aromatic carbocycles. The maximum atomic E-state index is 12.7. The van der Waals surface area contributed by atoms with Crippen LogP contribution in [0, 0.1) is 5.92 Å². The van der Waals surface area contributed by atoms with Crippen LogP contribution in [0.15, 0.2) is 30.6 Å². The van der Waals surface area contributed by atoms with E-state index in [1.54, 1.807) is 19.4 Å². The van der Waals surface area contributed by atoms with Crippen molar-refractivity contribution in [1.29, 1.82) is 0 Å². The van der Waals surface area contributed by atoms with Gasteiger partial charge in [0.25, 0.3) is 0 Å². The molecule has 4 heterocycles. The first-order valence-electron chi connectivity index (χ1n) is 11.3. The van der Waals surface area contributed by atoms with Crippen LogP contribution in [0.5, 0.6) is 5.88 Å². The molecule has 0 spiro atoms. The minimum Gasteiger partial charge on any atom is -0.481 e. The molecule has 8 heteroatoms. The lowest BCUT2D eigenvalue weighted by atomic mass is 9.96. The Bertz CT molecular complexity index is 861. The fraction of sp³-hybridized carbons (Fsp3) is 0.565. The predicted octanol–water partition coefficient (Wildman–Crippen LogP) is 2.79. The van der Waals surface area contributed by atoms with Gasteiger partial charge in [-0.1, -0.05) is 12.8 Å². The van der Waals surface area contributed by atoms with E-state index in [-0.39, 0.29) is 11.8 Å². The first-order valence-corrected chi connectivity index (χ1v) is 11.3. The SMILES string of the molecule is COc1ccnc(N2CCC(C(=O)NCc3ccnc(N4CCCCCC4)c3)CC2)n1. The molecular weight excluding hydrogens is 392 g/mol. The van der Waals surface area contributed by atoms with E-state index in [4.69, 9.17) is 4.74 Å². The molecule has 2 fully saturated rings. The highest BCUT2D eigenvalue weighted by Gasteiger charge is 2.26. The van der Waals surface area contributed by atoms with Gasteiger partial charge in [-0.25, -0.2) is 9.97 Å². The Morgan fingerprint density at radius 2 is 1.77 bits per heavy atom. The van der Waals surface area contributed by atoms with E-state index in [1.807, 2.05) is 12.3 Å². The van der Waals surface area contributed by atoms with Crippen molar-refractivity contribution >= 4 is 17.7 Å². The molecule has 4 rings (SSSR count). The van der Waals surface area contributed by atoms with Crippen LogP contribution in [0.25, 0.3) is 0 Å². The average molecular weight is 425 g/mol. The average Bonchev–Trinajstić information content (AvgIpc) is 3.13. The fourth-order valence-corrected chi connectivity index (χ4v) is 4.32. The first kappa shape index (κ1) is 21.3. The second kappa shape index (κ2) is 10.4. The standard InChI is InChI=1S/C23H32N6O2/c1-31-21-7-11-25-23(27-21)29-14-8-19(9-15-29)22(30)26-17-18-6-10-24-20(16-18)28-12-4-2-3-5-13-28/h6-7,10-11,16,19H,2-5,8-9,12-15,17H2,1H3,(H,26,30). The molecule has 0 atom stereocenters. The van der Waals surface area contributed by atoms with E-state index in [1.165, 1.54) is 25.7 Å². The Hall–Kier alpha value is -2.90. The van der Waals surface area contributed by atoms with Crippen molar-refractivity contribution in [1.82, 2.24) is 20.3 Å². The monoisotopic (exact) mass is 424 g/mol. The minimum absolute atomic E-state index is 0.0220. The molecule has 0 unspecified atom stereocenters. The number of nitrogens with zero attached hydrogens (tertiary/aromatic N) is 5. The highest BCUT2D eigenvalue weighted by Crippen LogP contribution is 2.22. The maximum absolute atomic E-state index is 12.7. The van der Waals surface area contributed by atoms with E-state index in [2.05, 4.69) is 36.1 Å². The molecule has 0 aliphatic carbocycles. The molecular formula is C23H32N6O2. The highest BCUT2D eigenvalue weighted by atomic mass is 16.5. The smallest absolute Gasteiger partial charge is 0.228 e. The Kier molecular flexibility index (Phi) is 7.17. The number of carbonyl (C=O) groups is 1. The topological polar surface area (TPSA) is 83.5 Å². The lowest BCUT2D eigenvalue weighted by molar-refractivity contribution is -0.125. The number of anilines is 2. The van der Waals surface area contributed by atoms with Gasteiger partial charge in [-0.3, -0.25) is 4.79 Å². The molecule has 8 nitrogen and oxygen atoms in total. The summed E-state index contributed by atoms with van der Waals surface area (Å²) in [6, 6.07) is 5.85. The quantitative estimate of drug-likeness (QED) is 0.763. The molecule has 0 radical (unpaired) electrons. The van der Waals surface area contributed by atoms with Gasteiger partial charge in [0.1, 0.15) is 5.82 Å². The fourth-order valence-electron chi connectivity index (χ4n) is 4.32. The summed E-state index contributed by atoms with van der Waals surface area (Å²) in [5.41, 5.74) is 1.10. The van der Waals surface area contributed by atoms with Crippen LogP contribution in [0.4, 0.5) is 11.8 Å². The normalized spacial score (nSPS) is 17.8. The lowest BCUT2D eigenvalue weighted by Crippen LogP contribution is -2.41. The number of carbonyl (C=O) groups excluding carboxylic acids is 1. The largest absolute Gasteiger partial charge is 0.481 e. The van der Waals surface area contributed by atoms with E-state index in [0.717, 1.165) is 50.4 Å². The molecule has 0 bridgehead atoms. The van der Waals surface area contributed by atoms with Gasteiger partial charge >= 0.3 is 0 Å². The zero-order valence-corrected chi connectivity index (χ0v) is 18.3. The predicted molar refractivity (Wildman–Crippen MR) is 120 cm³/mol. The van der Waals surface area contributed by atoms with Gasteiger partial charge in [0.2, 0.25) is 17.7 Å². The minimum atomic E-state index is 0.0220.